The van der Waals surface area contributed by atoms with E-state index in [1.807, 2.05) is 17.8 Å². The normalized spacial score (nSPS) is 17.1. The van der Waals surface area contributed by atoms with Crippen molar-refractivity contribution in [1.29, 1.82) is 0 Å². The van der Waals surface area contributed by atoms with Gasteiger partial charge in [0, 0.05) is 27.4 Å². The second kappa shape index (κ2) is 5.41. The molecule has 94 valence electrons. The van der Waals surface area contributed by atoms with Crippen molar-refractivity contribution in [3.8, 4) is 0 Å². The van der Waals surface area contributed by atoms with Gasteiger partial charge in [0.1, 0.15) is 0 Å². The molecule has 0 saturated carbocycles. The highest BCUT2D eigenvalue weighted by atomic mass is 32.2. The topological polar surface area (TPSA) is 38.9 Å². The van der Waals surface area contributed by atoms with Crippen molar-refractivity contribution in [3.05, 3.63) is 30.5 Å². The Bertz CT molecular complexity index is 550. The predicted octanol–water partition coefficient (Wildman–Crippen LogP) is 3.80. The molecular weight excluding hydrogens is 260 g/mol. The number of anilines is 1. The third-order valence-corrected chi connectivity index (χ3v) is 5.60. The molecule has 0 radical (unpaired) electrons. The fraction of sp³-hybridized carbons (Fsp3) is 0.357. The van der Waals surface area contributed by atoms with Crippen LogP contribution in [0.2, 0.25) is 0 Å². The van der Waals surface area contributed by atoms with Crippen molar-refractivity contribution < 1.29 is 0 Å². The number of rotatable bonds is 2. The molecule has 2 heterocycles. The molecule has 0 unspecified atom stereocenters. The van der Waals surface area contributed by atoms with Gasteiger partial charge in [-0.05, 0) is 48.6 Å². The lowest BCUT2D eigenvalue weighted by atomic mass is 10.2. The van der Waals surface area contributed by atoms with Crippen LogP contribution in [0.4, 0.5) is 5.69 Å². The molecule has 2 aromatic rings. The maximum Gasteiger partial charge on any atom is 0.0723 e. The zero-order valence-corrected chi connectivity index (χ0v) is 11.8. The van der Waals surface area contributed by atoms with Crippen molar-refractivity contribution in [2.24, 2.45) is 0 Å². The Morgan fingerprint density at radius 1 is 1.22 bits per heavy atom. The number of thioether (sulfide) groups is 2. The molecule has 3 rings (SSSR count). The van der Waals surface area contributed by atoms with Crippen LogP contribution < -0.4 is 5.73 Å². The second-order valence-corrected chi connectivity index (χ2v) is 7.11. The number of hydrogen-bond donors (Lipinski definition) is 1. The van der Waals surface area contributed by atoms with Gasteiger partial charge in [-0.2, -0.15) is 11.8 Å². The Balaban J connectivity index is 1.86. The molecule has 18 heavy (non-hydrogen) atoms. The first-order chi connectivity index (χ1) is 8.83. The van der Waals surface area contributed by atoms with Crippen LogP contribution in [0.5, 0.6) is 0 Å². The van der Waals surface area contributed by atoms with E-state index >= 15 is 0 Å². The summed E-state index contributed by atoms with van der Waals surface area (Å²) < 4.78 is 0. The van der Waals surface area contributed by atoms with E-state index in [4.69, 9.17) is 5.73 Å². The molecule has 2 N–H and O–H groups in total. The van der Waals surface area contributed by atoms with Crippen LogP contribution in [0.15, 0.2) is 35.4 Å². The molecule has 1 saturated heterocycles. The van der Waals surface area contributed by atoms with Crippen molar-refractivity contribution >= 4 is 40.1 Å². The minimum Gasteiger partial charge on any atom is -0.398 e. The zero-order chi connectivity index (χ0) is 12.4. The quantitative estimate of drug-likeness (QED) is 0.905. The second-order valence-electron chi connectivity index (χ2n) is 4.51. The summed E-state index contributed by atoms with van der Waals surface area (Å²) in [6, 6.07) is 8.30. The van der Waals surface area contributed by atoms with E-state index in [9.17, 15) is 0 Å². The molecule has 1 aromatic carbocycles. The summed E-state index contributed by atoms with van der Waals surface area (Å²) >= 11 is 4.06. The van der Waals surface area contributed by atoms with E-state index in [1.54, 1.807) is 6.20 Å². The van der Waals surface area contributed by atoms with Crippen LogP contribution in [0.25, 0.3) is 10.9 Å². The van der Waals surface area contributed by atoms with Gasteiger partial charge in [-0.3, -0.25) is 4.98 Å². The molecule has 1 aliphatic heterocycles. The molecular formula is C14H16N2S2. The zero-order valence-electron chi connectivity index (χ0n) is 10.1. The molecule has 1 aliphatic rings. The highest BCUT2D eigenvalue weighted by Crippen LogP contribution is 2.34. The highest BCUT2D eigenvalue weighted by Gasteiger charge is 2.15. The third-order valence-electron chi connectivity index (χ3n) is 3.22. The maximum absolute atomic E-state index is 6.01. The van der Waals surface area contributed by atoms with Gasteiger partial charge in [-0.25, -0.2) is 0 Å². The summed E-state index contributed by atoms with van der Waals surface area (Å²) in [5.74, 6) is 2.60. The fourth-order valence-corrected chi connectivity index (χ4v) is 4.80. The standard InChI is InChI=1S/C14H16N2S2/c15-13-3-6-16-14-2-1-11(9-12(13)14)18-10-4-7-17-8-5-10/h1-3,6,9-10H,4-5,7-8H2,(H2,15,16). The van der Waals surface area contributed by atoms with Crippen LogP contribution in [-0.2, 0) is 0 Å². The molecule has 4 heteroatoms. The molecule has 1 aromatic heterocycles. The highest BCUT2D eigenvalue weighted by molar-refractivity contribution is 8.01. The number of nitrogens with two attached hydrogens (primary N) is 1. The van der Waals surface area contributed by atoms with Gasteiger partial charge in [0.2, 0.25) is 0 Å². The summed E-state index contributed by atoms with van der Waals surface area (Å²) in [4.78, 5) is 5.66. The van der Waals surface area contributed by atoms with E-state index in [0.717, 1.165) is 21.8 Å². The molecule has 1 fully saturated rings. The van der Waals surface area contributed by atoms with Crippen molar-refractivity contribution in [2.45, 2.75) is 23.0 Å². The summed E-state index contributed by atoms with van der Waals surface area (Å²) in [6.07, 6.45) is 4.40. The Labute approximate surface area is 116 Å². The molecule has 0 amide bonds. The van der Waals surface area contributed by atoms with E-state index < -0.39 is 0 Å². The van der Waals surface area contributed by atoms with E-state index in [0.29, 0.717) is 0 Å². The number of nitrogens with zero attached hydrogens (tertiary/aromatic N) is 1. The van der Waals surface area contributed by atoms with Crippen LogP contribution in [0.1, 0.15) is 12.8 Å². The Hall–Kier alpha value is -0.870. The monoisotopic (exact) mass is 276 g/mol. The Kier molecular flexibility index (Phi) is 3.66. The number of aromatic nitrogens is 1. The minimum atomic E-state index is 0.765. The number of pyridine rings is 1. The number of hydrogen-bond acceptors (Lipinski definition) is 4. The number of fused-ring (bicyclic) bond motifs is 1. The van der Waals surface area contributed by atoms with Gasteiger partial charge in [0.25, 0.3) is 0 Å². The maximum atomic E-state index is 6.01. The van der Waals surface area contributed by atoms with Crippen LogP contribution in [0.3, 0.4) is 0 Å². The van der Waals surface area contributed by atoms with Crippen LogP contribution in [0, 0.1) is 0 Å². The predicted molar refractivity (Wildman–Crippen MR) is 82.4 cm³/mol. The summed E-state index contributed by atoms with van der Waals surface area (Å²) in [5.41, 5.74) is 7.81. The molecule has 0 bridgehead atoms. The summed E-state index contributed by atoms with van der Waals surface area (Å²) in [5, 5.41) is 1.84. The van der Waals surface area contributed by atoms with Crippen molar-refractivity contribution in [3.63, 3.8) is 0 Å². The number of benzene rings is 1. The molecule has 0 aliphatic carbocycles. The van der Waals surface area contributed by atoms with Gasteiger partial charge in [-0.15, -0.1) is 11.8 Å². The largest absolute Gasteiger partial charge is 0.398 e. The van der Waals surface area contributed by atoms with Crippen molar-refractivity contribution in [2.75, 3.05) is 17.2 Å². The number of nitrogen functional groups attached to an aromatic ring is 1. The lowest BCUT2D eigenvalue weighted by molar-refractivity contribution is 0.785. The van der Waals surface area contributed by atoms with Gasteiger partial charge < -0.3 is 5.73 Å². The lowest BCUT2D eigenvalue weighted by Gasteiger charge is -2.20. The summed E-state index contributed by atoms with van der Waals surface area (Å²) in [6.45, 7) is 0. The average Bonchev–Trinajstić information content (AvgIpc) is 2.41. The van der Waals surface area contributed by atoms with E-state index in [-0.39, 0.29) is 0 Å². The van der Waals surface area contributed by atoms with Crippen molar-refractivity contribution in [1.82, 2.24) is 4.98 Å². The van der Waals surface area contributed by atoms with Gasteiger partial charge >= 0.3 is 0 Å². The fourth-order valence-electron chi connectivity index (χ4n) is 2.21. The van der Waals surface area contributed by atoms with Gasteiger partial charge in [-0.1, -0.05) is 0 Å². The first-order valence-corrected chi connectivity index (χ1v) is 8.25. The van der Waals surface area contributed by atoms with E-state index in [2.05, 4.69) is 34.9 Å². The van der Waals surface area contributed by atoms with Crippen LogP contribution >= 0.6 is 23.5 Å². The van der Waals surface area contributed by atoms with E-state index in [1.165, 1.54) is 29.2 Å². The van der Waals surface area contributed by atoms with Gasteiger partial charge in [0.15, 0.2) is 0 Å². The lowest BCUT2D eigenvalue weighted by Crippen LogP contribution is -2.11. The van der Waals surface area contributed by atoms with Gasteiger partial charge in [0.05, 0.1) is 5.52 Å². The minimum absolute atomic E-state index is 0.765. The Morgan fingerprint density at radius 2 is 2.06 bits per heavy atom. The average molecular weight is 276 g/mol. The summed E-state index contributed by atoms with van der Waals surface area (Å²) in [7, 11) is 0. The smallest absolute Gasteiger partial charge is 0.0723 e. The molecule has 0 atom stereocenters. The third kappa shape index (κ3) is 2.59. The van der Waals surface area contributed by atoms with Crippen LogP contribution in [-0.4, -0.2) is 21.7 Å². The Morgan fingerprint density at radius 3 is 2.89 bits per heavy atom. The SMILES string of the molecule is Nc1ccnc2ccc(SC3CCSCC3)cc12. The first kappa shape index (κ1) is 12.2. The molecule has 2 nitrogen and oxygen atoms in total. The molecule has 0 spiro atoms. The first-order valence-electron chi connectivity index (χ1n) is 6.21.